The number of hydrogen-bond donors (Lipinski definition) is 1. The Morgan fingerprint density at radius 3 is 2.82 bits per heavy atom. The second-order valence-corrected chi connectivity index (χ2v) is 3.09. The molecule has 56 valence electrons. The fourth-order valence-electron chi connectivity index (χ4n) is 1.32. The van der Waals surface area contributed by atoms with Crippen LogP contribution < -0.4 is 0 Å². The van der Waals surface area contributed by atoms with Gasteiger partial charge in [-0.25, -0.2) is 0 Å². The van der Waals surface area contributed by atoms with Crippen LogP contribution >= 0.6 is 0 Å². The van der Waals surface area contributed by atoms with Crippen molar-refractivity contribution in [1.29, 1.82) is 5.41 Å². The van der Waals surface area contributed by atoms with Crippen LogP contribution in [0.15, 0.2) is 24.3 Å². The number of benzene rings is 1. The van der Waals surface area contributed by atoms with Crippen molar-refractivity contribution >= 4 is 6.21 Å². The van der Waals surface area contributed by atoms with Gasteiger partial charge in [-0.2, -0.15) is 0 Å². The number of hydrogen-bond acceptors (Lipinski definition) is 1. The van der Waals surface area contributed by atoms with Gasteiger partial charge < -0.3 is 5.41 Å². The van der Waals surface area contributed by atoms with Gasteiger partial charge in [0.15, 0.2) is 0 Å². The minimum Gasteiger partial charge on any atom is -0.308 e. The van der Waals surface area contributed by atoms with Crippen molar-refractivity contribution in [2.75, 3.05) is 0 Å². The minimum absolute atomic E-state index is 0.801. The van der Waals surface area contributed by atoms with Gasteiger partial charge in [-0.3, -0.25) is 0 Å². The van der Waals surface area contributed by atoms with Gasteiger partial charge in [-0.1, -0.05) is 18.2 Å². The molecule has 2 rings (SSSR count). The molecule has 1 nitrogen and oxygen atoms in total. The molecule has 0 radical (unpaired) electrons. The minimum atomic E-state index is 0.801. The first-order valence-corrected chi connectivity index (χ1v) is 4.00. The Labute approximate surface area is 66.6 Å². The van der Waals surface area contributed by atoms with E-state index in [1.54, 1.807) is 0 Å². The molecule has 1 N–H and O–H groups in total. The summed E-state index contributed by atoms with van der Waals surface area (Å²) in [4.78, 5) is 0. The van der Waals surface area contributed by atoms with Crippen LogP contribution in [-0.2, 0) is 0 Å². The van der Waals surface area contributed by atoms with Gasteiger partial charge in [0.1, 0.15) is 0 Å². The second-order valence-electron chi connectivity index (χ2n) is 3.09. The summed E-state index contributed by atoms with van der Waals surface area (Å²) in [6.07, 6.45) is 4.08. The van der Waals surface area contributed by atoms with E-state index < -0.39 is 0 Å². The number of rotatable bonds is 2. The monoisotopic (exact) mass is 145 g/mol. The summed E-state index contributed by atoms with van der Waals surface area (Å²) in [6.45, 7) is 0. The van der Waals surface area contributed by atoms with Crippen LogP contribution in [0.4, 0.5) is 0 Å². The zero-order valence-electron chi connectivity index (χ0n) is 6.38. The SMILES string of the molecule is N=Cc1cccc(C2CC2)c1. The number of nitrogens with one attached hydrogen (secondary N) is 1. The average molecular weight is 145 g/mol. The van der Waals surface area contributed by atoms with E-state index in [1.165, 1.54) is 24.6 Å². The van der Waals surface area contributed by atoms with Gasteiger partial charge in [-0.05, 0) is 36.0 Å². The van der Waals surface area contributed by atoms with E-state index in [0.29, 0.717) is 0 Å². The van der Waals surface area contributed by atoms with E-state index in [2.05, 4.69) is 12.1 Å². The molecule has 1 heteroatoms. The Hall–Kier alpha value is -1.11. The summed E-state index contributed by atoms with van der Waals surface area (Å²) in [6, 6.07) is 8.28. The first kappa shape index (κ1) is 6.59. The molecule has 1 aromatic carbocycles. The zero-order chi connectivity index (χ0) is 7.68. The van der Waals surface area contributed by atoms with Crippen LogP contribution in [0.25, 0.3) is 0 Å². The maximum Gasteiger partial charge on any atom is 0.0250 e. The predicted octanol–water partition coefficient (Wildman–Crippen LogP) is 2.56. The van der Waals surface area contributed by atoms with Crippen LogP contribution in [0, 0.1) is 5.41 Å². The van der Waals surface area contributed by atoms with E-state index in [4.69, 9.17) is 5.41 Å². The van der Waals surface area contributed by atoms with Crippen molar-refractivity contribution in [3.05, 3.63) is 35.4 Å². The maximum absolute atomic E-state index is 7.08. The lowest BCUT2D eigenvalue weighted by molar-refractivity contribution is 1.13. The van der Waals surface area contributed by atoms with E-state index in [1.807, 2.05) is 12.1 Å². The molecule has 0 amide bonds. The van der Waals surface area contributed by atoms with Gasteiger partial charge in [0.2, 0.25) is 0 Å². The topological polar surface area (TPSA) is 23.9 Å². The third-order valence-corrected chi connectivity index (χ3v) is 2.13. The molecule has 1 saturated carbocycles. The molecular formula is C10H11N. The van der Waals surface area contributed by atoms with Gasteiger partial charge in [0.25, 0.3) is 0 Å². The largest absolute Gasteiger partial charge is 0.308 e. The molecule has 0 bridgehead atoms. The van der Waals surface area contributed by atoms with Gasteiger partial charge >= 0.3 is 0 Å². The molecule has 0 aromatic heterocycles. The Morgan fingerprint density at radius 1 is 1.36 bits per heavy atom. The molecule has 0 atom stereocenters. The highest BCUT2D eigenvalue weighted by Crippen LogP contribution is 2.39. The quantitative estimate of drug-likeness (QED) is 0.618. The standard InChI is InChI=1S/C10H11N/c11-7-8-2-1-3-10(6-8)9-4-5-9/h1-3,6-7,9,11H,4-5H2. The average Bonchev–Trinajstić information content (AvgIpc) is 2.87. The summed E-state index contributed by atoms with van der Waals surface area (Å²) in [5.74, 6) is 0.801. The first-order valence-electron chi connectivity index (χ1n) is 4.00. The van der Waals surface area contributed by atoms with Crippen molar-refractivity contribution < 1.29 is 0 Å². The van der Waals surface area contributed by atoms with Crippen LogP contribution in [0.1, 0.15) is 29.9 Å². The van der Waals surface area contributed by atoms with Crippen molar-refractivity contribution in [3.63, 3.8) is 0 Å². The van der Waals surface area contributed by atoms with Crippen molar-refractivity contribution in [1.82, 2.24) is 0 Å². The molecule has 11 heavy (non-hydrogen) atoms. The molecule has 0 heterocycles. The molecule has 1 aromatic rings. The van der Waals surface area contributed by atoms with Crippen LogP contribution in [0.2, 0.25) is 0 Å². The highest BCUT2D eigenvalue weighted by atomic mass is 14.3. The van der Waals surface area contributed by atoms with Gasteiger partial charge in [0.05, 0.1) is 0 Å². The molecular weight excluding hydrogens is 134 g/mol. The smallest absolute Gasteiger partial charge is 0.0250 e. The lowest BCUT2D eigenvalue weighted by Crippen LogP contribution is -1.82. The zero-order valence-corrected chi connectivity index (χ0v) is 6.38. The van der Waals surface area contributed by atoms with Gasteiger partial charge in [0, 0.05) is 6.21 Å². The lowest BCUT2D eigenvalue weighted by Gasteiger charge is -1.97. The summed E-state index contributed by atoms with van der Waals surface area (Å²) < 4.78 is 0. The van der Waals surface area contributed by atoms with Crippen LogP contribution in [-0.4, -0.2) is 6.21 Å². The highest BCUT2D eigenvalue weighted by molar-refractivity contribution is 5.77. The van der Waals surface area contributed by atoms with E-state index in [0.717, 1.165) is 11.5 Å². The molecule has 0 unspecified atom stereocenters. The summed E-state index contributed by atoms with van der Waals surface area (Å²) in [7, 11) is 0. The maximum atomic E-state index is 7.08. The first-order chi connectivity index (χ1) is 5.40. The summed E-state index contributed by atoms with van der Waals surface area (Å²) >= 11 is 0. The molecule has 0 aliphatic heterocycles. The summed E-state index contributed by atoms with van der Waals surface area (Å²) in [5, 5.41) is 7.08. The third kappa shape index (κ3) is 1.32. The van der Waals surface area contributed by atoms with E-state index >= 15 is 0 Å². The Morgan fingerprint density at radius 2 is 2.18 bits per heavy atom. The van der Waals surface area contributed by atoms with Crippen molar-refractivity contribution in [3.8, 4) is 0 Å². The molecule has 1 fully saturated rings. The van der Waals surface area contributed by atoms with Crippen molar-refractivity contribution in [2.24, 2.45) is 0 Å². The van der Waals surface area contributed by atoms with Crippen molar-refractivity contribution in [2.45, 2.75) is 18.8 Å². The van der Waals surface area contributed by atoms with Crippen LogP contribution in [0.3, 0.4) is 0 Å². The molecule has 1 aliphatic carbocycles. The molecule has 0 saturated heterocycles. The van der Waals surface area contributed by atoms with E-state index in [-0.39, 0.29) is 0 Å². The molecule has 1 aliphatic rings. The fraction of sp³-hybridized carbons (Fsp3) is 0.300. The summed E-state index contributed by atoms with van der Waals surface area (Å²) in [5.41, 5.74) is 2.43. The molecule has 0 spiro atoms. The second kappa shape index (κ2) is 2.50. The normalized spacial score (nSPS) is 16.4. The van der Waals surface area contributed by atoms with Gasteiger partial charge in [-0.15, -0.1) is 0 Å². The van der Waals surface area contributed by atoms with E-state index in [9.17, 15) is 0 Å². The Balaban J connectivity index is 2.33. The Bertz CT molecular complexity index is 274. The highest BCUT2D eigenvalue weighted by Gasteiger charge is 2.22. The third-order valence-electron chi connectivity index (χ3n) is 2.13. The Kier molecular flexibility index (Phi) is 1.50. The predicted molar refractivity (Wildman–Crippen MR) is 46.3 cm³/mol. The van der Waals surface area contributed by atoms with Crippen LogP contribution in [0.5, 0.6) is 0 Å². The lowest BCUT2D eigenvalue weighted by atomic mass is 10.1. The fourth-order valence-corrected chi connectivity index (χ4v) is 1.32.